The summed E-state index contributed by atoms with van der Waals surface area (Å²) in [6.45, 7) is 4.66. The maximum absolute atomic E-state index is 5.28. The van der Waals surface area contributed by atoms with Gasteiger partial charge >= 0.3 is 0 Å². The van der Waals surface area contributed by atoms with Gasteiger partial charge < -0.3 is 0 Å². The second kappa shape index (κ2) is 8.49. The largest absolute Gasteiger partial charge is 0.278 e. The average Bonchev–Trinajstić information content (AvgIpc) is 3.48. The first-order valence-corrected chi connectivity index (χ1v) is 13.8. The normalized spacial score (nSPS) is 13.4. The Morgan fingerprint density at radius 1 is 0.575 bits per heavy atom. The molecular formula is C37H27N3. The number of aromatic nitrogens is 3. The van der Waals surface area contributed by atoms with E-state index in [2.05, 4.69) is 140 Å². The van der Waals surface area contributed by atoms with E-state index < -0.39 is 0 Å². The standard InChI is InChI=1S/C37H27N3/c1-37(2)30-18-10-8-16-28(30)35-34(37)29-17-9-11-19-33(29)40(35)36-38-31(25-13-4-3-5-14-25)23-32(39-36)27-21-20-24-12-6-7-15-26(24)22-27/h3-23H,1-2H3. The number of hydrogen-bond acceptors (Lipinski definition) is 2. The highest BCUT2D eigenvalue weighted by atomic mass is 15.2. The monoisotopic (exact) mass is 513 g/mol. The summed E-state index contributed by atoms with van der Waals surface area (Å²) in [7, 11) is 0. The van der Waals surface area contributed by atoms with E-state index in [-0.39, 0.29) is 5.41 Å². The Hall–Kier alpha value is -5.02. The van der Waals surface area contributed by atoms with E-state index in [4.69, 9.17) is 9.97 Å². The molecule has 0 spiro atoms. The number of rotatable bonds is 3. The van der Waals surface area contributed by atoms with E-state index in [1.54, 1.807) is 0 Å². The van der Waals surface area contributed by atoms with Crippen LogP contribution in [-0.4, -0.2) is 14.5 Å². The first-order chi connectivity index (χ1) is 19.6. The maximum atomic E-state index is 5.28. The number of hydrogen-bond donors (Lipinski definition) is 0. The molecule has 8 rings (SSSR count). The zero-order valence-electron chi connectivity index (χ0n) is 22.5. The van der Waals surface area contributed by atoms with E-state index in [1.807, 2.05) is 6.07 Å². The molecule has 3 heteroatoms. The number of benzene rings is 5. The Kier molecular flexibility index (Phi) is 4.86. The molecule has 0 radical (unpaired) electrons. The lowest BCUT2D eigenvalue weighted by Gasteiger charge is -2.21. The molecule has 0 N–H and O–H groups in total. The van der Waals surface area contributed by atoms with E-state index in [0.29, 0.717) is 5.95 Å². The lowest BCUT2D eigenvalue weighted by atomic mass is 9.81. The molecule has 7 aromatic rings. The Morgan fingerprint density at radius 3 is 2.10 bits per heavy atom. The zero-order chi connectivity index (χ0) is 26.8. The van der Waals surface area contributed by atoms with E-state index >= 15 is 0 Å². The van der Waals surface area contributed by atoms with Gasteiger partial charge in [0, 0.05) is 27.5 Å². The number of nitrogens with zero attached hydrogens (tertiary/aromatic N) is 3. The van der Waals surface area contributed by atoms with Crippen molar-refractivity contribution in [3.05, 3.63) is 139 Å². The van der Waals surface area contributed by atoms with Gasteiger partial charge in [0.05, 0.1) is 22.6 Å². The van der Waals surface area contributed by atoms with Gasteiger partial charge in [0.15, 0.2) is 0 Å². The van der Waals surface area contributed by atoms with Crippen LogP contribution in [0.2, 0.25) is 0 Å². The first kappa shape index (κ1) is 22.9. The van der Waals surface area contributed by atoms with Crippen molar-refractivity contribution in [3.8, 4) is 39.7 Å². The molecule has 0 bridgehead atoms. The first-order valence-electron chi connectivity index (χ1n) is 13.8. The Labute approximate surface area is 233 Å². The molecule has 2 heterocycles. The number of fused-ring (bicyclic) bond motifs is 6. The summed E-state index contributed by atoms with van der Waals surface area (Å²) in [5.74, 6) is 0.689. The van der Waals surface area contributed by atoms with Crippen molar-refractivity contribution in [3.63, 3.8) is 0 Å². The van der Waals surface area contributed by atoms with Crippen molar-refractivity contribution < 1.29 is 0 Å². The van der Waals surface area contributed by atoms with Crippen molar-refractivity contribution in [1.29, 1.82) is 0 Å². The van der Waals surface area contributed by atoms with Crippen LogP contribution in [0.3, 0.4) is 0 Å². The molecule has 40 heavy (non-hydrogen) atoms. The SMILES string of the molecule is CC1(C)c2ccccc2-c2c1c1ccccc1n2-c1nc(-c2ccccc2)cc(-c2ccc3ccccc3c2)n1. The fourth-order valence-corrected chi connectivity index (χ4v) is 6.49. The van der Waals surface area contributed by atoms with E-state index in [1.165, 1.54) is 38.5 Å². The molecule has 1 aliphatic carbocycles. The molecular weight excluding hydrogens is 486 g/mol. The zero-order valence-corrected chi connectivity index (χ0v) is 22.5. The highest BCUT2D eigenvalue weighted by Gasteiger charge is 2.40. The molecule has 0 saturated carbocycles. The Morgan fingerprint density at radius 2 is 1.25 bits per heavy atom. The van der Waals surface area contributed by atoms with Crippen molar-refractivity contribution in [2.24, 2.45) is 0 Å². The maximum Gasteiger partial charge on any atom is 0.235 e. The third-order valence-electron chi connectivity index (χ3n) is 8.38. The lowest BCUT2D eigenvalue weighted by Crippen LogP contribution is -2.14. The third-order valence-corrected chi connectivity index (χ3v) is 8.38. The fraction of sp³-hybridized carbons (Fsp3) is 0.0811. The minimum absolute atomic E-state index is 0.130. The summed E-state index contributed by atoms with van der Waals surface area (Å²) in [5.41, 5.74) is 10.1. The minimum atomic E-state index is -0.130. The Balaban J connectivity index is 1.46. The molecule has 0 fully saturated rings. The van der Waals surface area contributed by atoms with Crippen LogP contribution in [0.5, 0.6) is 0 Å². The number of para-hydroxylation sites is 1. The summed E-state index contributed by atoms with van der Waals surface area (Å²) >= 11 is 0. The summed E-state index contributed by atoms with van der Waals surface area (Å²) in [5, 5.41) is 3.67. The summed E-state index contributed by atoms with van der Waals surface area (Å²) < 4.78 is 2.29. The van der Waals surface area contributed by atoms with Crippen LogP contribution in [0.4, 0.5) is 0 Å². The highest BCUT2D eigenvalue weighted by Crippen LogP contribution is 2.53. The topological polar surface area (TPSA) is 30.7 Å². The van der Waals surface area contributed by atoms with Gasteiger partial charge in [0.1, 0.15) is 0 Å². The smallest absolute Gasteiger partial charge is 0.235 e. The van der Waals surface area contributed by atoms with Crippen LogP contribution in [0, 0.1) is 0 Å². The van der Waals surface area contributed by atoms with Crippen LogP contribution in [0.25, 0.3) is 61.4 Å². The van der Waals surface area contributed by atoms with Crippen LogP contribution in [-0.2, 0) is 5.41 Å². The van der Waals surface area contributed by atoms with Crippen LogP contribution in [0.15, 0.2) is 127 Å². The summed E-state index contributed by atoms with van der Waals surface area (Å²) in [6.07, 6.45) is 0. The van der Waals surface area contributed by atoms with Crippen molar-refractivity contribution in [2.75, 3.05) is 0 Å². The van der Waals surface area contributed by atoms with E-state index in [0.717, 1.165) is 28.0 Å². The van der Waals surface area contributed by atoms with Crippen LogP contribution in [0.1, 0.15) is 25.0 Å². The molecule has 5 aromatic carbocycles. The van der Waals surface area contributed by atoms with Gasteiger partial charge in [-0.15, -0.1) is 0 Å². The molecule has 2 aromatic heterocycles. The molecule has 0 unspecified atom stereocenters. The lowest BCUT2D eigenvalue weighted by molar-refractivity contribution is 0.666. The molecule has 0 atom stereocenters. The van der Waals surface area contributed by atoms with Gasteiger partial charge in [-0.05, 0) is 40.1 Å². The second-order valence-electron chi connectivity index (χ2n) is 11.1. The van der Waals surface area contributed by atoms with Gasteiger partial charge in [-0.2, -0.15) is 0 Å². The van der Waals surface area contributed by atoms with Gasteiger partial charge in [-0.3, -0.25) is 4.57 Å². The molecule has 0 aliphatic heterocycles. The van der Waals surface area contributed by atoms with Gasteiger partial charge in [-0.1, -0.05) is 123 Å². The quantitative estimate of drug-likeness (QED) is 0.236. The molecule has 3 nitrogen and oxygen atoms in total. The minimum Gasteiger partial charge on any atom is -0.278 e. The third kappa shape index (κ3) is 3.31. The van der Waals surface area contributed by atoms with Crippen molar-refractivity contribution >= 4 is 21.7 Å². The second-order valence-corrected chi connectivity index (χ2v) is 11.1. The average molecular weight is 514 g/mol. The molecule has 0 saturated heterocycles. The molecule has 1 aliphatic rings. The molecule has 0 amide bonds. The van der Waals surface area contributed by atoms with Crippen LogP contribution >= 0.6 is 0 Å². The Bertz CT molecular complexity index is 2080. The highest BCUT2D eigenvalue weighted by molar-refractivity contribution is 5.99. The molecule has 190 valence electrons. The van der Waals surface area contributed by atoms with Crippen LogP contribution < -0.4 is 0 Å². The fourth-order valence-electron chi connectivity index (χ4n) is 6.49. The van der Waals surface area contributed by atoms with Crippen molar-refractivity contribution in [1.82, 2.24) is 14.5 Å². The summed E-state index contributed by atoms with van der Waals surface area (Å²) in [6, 6.07) is 45.0. The summed E-state index contributed by atoms with van der Waals surface area (Å²) in [4.78, 5) is 10.5. The van der Waals surface area contributed by atoms with E-state index in [9.17, 15) is 0 Å². The van der Waals surface area contributed by atoms with Gasteiger partial charge in [0.2, 0.25) is 5.95 Å². The predicted octanol–water partition coefficient (Wildman–Crippen LogP) is 9.21. The van der Waals surface area contributed by atoms with Crippen molar-refractivity contribution in [2.45, 2.75) is 19.3 Å². The van der Waals surface area contributed by atoms with Gasteiger partial charge in [-0.25, -0.2) is 9.97 Å². The van der Waals surface area contributed by atoms with Gasteiger partial charge in [0.25, 0.3) is 0 Å². The predicted molar refractivity (Wildman–Crippen MR) is 165 cm³/mol.